The van der Waals surface area contributed by atoms with Crippen LogP contribution in [-0.4, -0.2) is 66.3 Å². The Balaban J connectivity index is 4.09. The van der Waals surface area contributed by atoms with E-state index in [-0.39, 0.29) is 13.0 Å². The summed E-state index contributed by atoms with van der Waals surface area (Å²) in [4.78, 5) is 22.5. The van der Waals surface area contributed by atoms with E-state index in [4.69, 9.17) is 23.6 Å². The van der Waals surface area contributed by atoms with Gasteiger partial charge in [-0.05, 0) is 38.5 Å². The van der Waals surface area contributed by atoms with Gasteiger partial charge in [-0.1, -0.05) is 204 Å². The number of phosphoric ester groups is 1. The Morgan fingerprint density at radius 2 is 0.965 bits per heavy atom. The number of carbonyl (C=O) groups is 1. The van der Waals surface area contributed by atoms with E-state index in [9.17, 15) is 19.4 Å². The van der Waals surface area contributed by atoms with Crippen molar-refractivity contribution in [3.05, 3.63) is 48.6 Å². The first-order chi connectivity index (χ1) is 27.8. The largest absolute Gasteiger partial charge is 0.472 e. The summed E-state index contributed by atoms with van der Waals surface area (Å²) in [7, 11) is -4.54. The van der Waals surface area contributed by atoms with Gasteiger partial charge in [-0.2, -0.15) is 0 Å². The number of hydrogen-bond donors (Lipinski definition) is 3. The summed E-state index contributed by atoms with van der Waals surface area (Å²) in [6.45, 7) is 3.33. The average Bonchev–Trinajstić information content (AvgIpc) is 3.20. The van der Waals surface area contributed by atoms with Gasteiger partial charge in [-0.3, -0.25) is 13.8 Å². The maximum Gasteiger partial charge on any atom is 0.472 e. The maximum absolute atomic E-state index is 12.6. The molecule has 0 aromatic carbocycles. The number of esters is 1. The first-order valence-corrected chi connectivity index (χ1v) is 24.6. The molecule has 0 aliphatic carbocycles. The lowest BCUT2D eigenvalue weighted by Crippen LogP contribution is -2.29. The highest BCUT2D eigenvalue weighted by atomic mass is 31.2. The molecule has 3 unspecified atom stereocenters. The lowest BCUT2D eigenvalue weighted by molar-refractivity contribution is -0.154. The van der Waals surface area contributed by atoms with Gasteiger partial charge >= 0.3 is 13.8 Å². The van der Waals surface area contributed by atoms with Crippen molar-refractivity contribution in [1.29, 1.82) is 0 Å². The van der Waals surface area contributed by atoms with Crippen molar-refractivity contribution < 1.29 is 43.0 Å². The zero-order valence-electron chi connectivity index (χ0n) is 36.6. The van der Waals surface area contributed by atoms with Gasteiger partial charge in [0.05, 0.1) is 26.4 Å². The Morgan fingerprint density at radius 1 is 0.561 bits per heavy atom. The fourth-order valence-electron chi connectivity index (χ4n) is 6.31. The predicted molar refractivity (Wildman–Crippen MR) is 237 cm³/mol. The first kappa shape index (κ1) is 55.4. The second-order valence-electron chi connectivity index (χ2n) is 15.4. The van der Waals surface area contributed by atoms with Crippen LogP contribution in [-0.2, 0) is 27.9 Å². The van der Waals surface area contributed by atoms with Crippen LogP contribution in [0.5, 0.6) is 0 Å². The number of carbonyl (C=O) groups excluding carboxylic acids is 1. The number of aliphatic hydroxyl groups excluding tert-OH is 2. The molecule has 334 valence electrons. The average molecular weight is 827 g/mol. The smallest absolute Gasteiger partial charge is 0.457 e. The lowest BCUT2D eigenvalue weighted by atomic mass is 10.0. The highest BCUT2D eigenvalue weighted by Crippen LogP contribution is 2.43. The van der Waals surface area contributed by atoms with Crippen LogP contribution < -0.4 is 0 Å². The van der Waals surface area contributed by atoms with Crippen LogP contribution in [0.15, 0.2) is 48.6 Å². The van der Waals surface area contributed by atoms with Gasteiger partial charge in [-0.25, -0.2) is 4.57 Å². The van der Waals surface area contributed by atoms with E-state index in [2.05, 4.69) is 50.3 Å². The summed E-state index contributed by atoms with van der Waals surface area (Å²) >= 11 is 0. The minimum absolute atomic E-state index is 0.0221. The zero-order chi connectivity index (χ0) is 41.8. The molecule has 0 spiro atoms. The number of aliphatic hydroxyl groups is 2. The Kier molecular flexibility index (Phi) is 42.8. The molecule has 0 saturated carbocycles. The van der Waals surface area contributed by atoms with Crippen molar-refractivity contribution >= 4 is 13.8 Å². The van der Waals surface area contributed by atoms with E-state index >= 15 is 0 Å². The second-order valence-corrected chi connectivity index (χ2v) is 16.9. The number of unbranched alkanes of at least 4 members (excludes halogenated alkanes) is 22. The molecule has 0 heterocycles. The minimum Gasteiger partial charge on any atom is -0.457 e. The van der Waals surface area contributed by atoms with E-state index in [1.807, 2.05) is 12.2 Å². The molecule has 0 fully saturated rings. The van der Waals surface area contributed by atoms with Crippen molar-refractivity contribution in [2.24, 2.45) is 0 Å². The van der Waals surface area contributed by atoms with E-state index in [0.717, 1.165) is 44.9 Å². The van der Waals surface area contributed by atoms with Gasteiger partial charge in [0.25, 0.3) is 0 Å². The van der Waals surface area contributed by atoms with E-state index < -0.39 is 45.8 Å². The second kappa shape index (κ2) is 44.0. The monoisotopic (exact) mass is 827 g/mol. The Hall–Kier alpha value is -1.58. The van der Waals surface area contributed by atoms with Crippen molar-refractivity contribution in [2.45, 2.75) is 212 Å². The Labute approximate surface area is 349 Å². The van der Waals surface area contributed by atoms with Crippen LogP contribution in [0.2, 0.25) is 0 Å². The number of rotatable bonds is 44. The van der Waals surface area contributed by atoms with Gasteiger partial charge < -0.3 is 24.6 Å². The van der Waals surface area contributed by atoms with E-state index in [1.54, 1.807) is 0 Å². The summed E-state index contributed by atoms with van der Waals surface area (Å²) in [6, 6.07) is 0. The molecule has 9 nitrogen and oxygen atoms in total. The molecule has 0 bridgehead atoms. The third kappa shape index (κ3) is 43.8. The van der Waals surface area contributed by atoms with Crippen molar-refractivity contribution in [1.82, 2.24) is 0 Å². The molecule has 0 aliphatic heterocycles. The van der Waals surface area contributed by atoms with Gasteiger partial charge in [0.15, 0.2) is 0 Å². The fraction of sp³-hybridized carbons (Fsp3) is 0.809. The topological polar surface area (TPSA) is 132 Å². The van der Waals surface area contributed by atoms with Gasteiger partial charge in [0.2, 0.25) is 0 Å². The molecule has 10 heteroatoms. The summed E-state index contributed by atoms with van der Waals surface area (Å²) in [5.74, 6) is -0.460. The standard InChI is InChI=1S/C47H87O9P/c1-3-5-7-9-11-13-15-17-18-19-20-21-22-23-24-25-26-28-30-32-34-36-38-40-53-43-46(44-55-57(51,52)54-42-45(49)41-48)56-47(50)39-37-35-33-31-29-27-16-14-12-10-8-6-4-2/h6,8,12,14,27,29,33,35,45-46,48-49H,3-5,7,9-11,13,15-26,28,30-32,34,36-44H2,1-2H3,(H,51,52)/b8-6-,14-12-,29-27-,35-33-. The number of hydrogen-bond acceptors (Lipinski definition) is 8. The zero-order valence-corrected chi connectivity index (χ0v) is 37.4. The summed E-state index contributed by atoms with van der Waals surface area (Å²) in [5.41, 5.74) is 0. The third-order valence-electron chi connectivity index (χ3n) is 9.79. The molecule has 0 amide bonds. The highest BCUT2D eigenvalue weighted by Gasteiger charge is 2.26. The molecule has 0 aromatic rings. The molecular weight excluding hydrogens is 739 g/mol. The third-order valence-corrected chi connectivity index (χ3v) is 10.7. The van der Waals surface area contributed by atoms with Crippen LogP contribution in [0.25, 0.3) is 0 Å². The molecule has 0 aromatic heterocycles. The molecule has 0 saturated heterocycles. The summed E-state index contributed by atoms with van der Waals surface area (Å²) in [6.07, 6.45) is 49.7. The van der Waals surface area contributed by atoms with Crippen molar-refractivity contribution in [3.63, 3.8) is 0 Å². The molecule has 0 aliphatic rings. The quantitative estimate of drug-likeness (QED) is 0.0238. The number of phosphoric acid groups is 1. The van der Waals surface area contributed by atoms with Crippen LogP contribution >= 0.6 is 7.82 Å². The lowest BCUT2D eigenvalue weighted by Gasteiger charge is -2.20. The molecule has 3 N–H and O–H groups in total. The maximum atomic E-state index is 12.6. The van der Waals surface area contributed by atoms with Crippen molar-refractivity contribution in [3.8, 4) is 0 Å². The SMILES string of the molecule is CC/C=C\C/C=C\C/C=C\C/C=C\CCC(=O)OC(COCCCCCCCCCCCCCCCCCCCCCCCCC)COP(=O)(O)OCC(O)CO. The summed E-state index contributed by atoms with van der Waals surface area (Å²) < 4.78 is 33.3. The molecule has 57 heavy (non-hydrogen) atoms. The fourth-order valence-corrected chi connectivity index (χ4v) is 7.10. The molecule has 0 radical (unpaired) electrons. The molecular formula is C47H87O9P. The van der Waals surface area contributed by atoms with Crippen LogP contribution in [0, 0.1) is 0 Å². The molecule has 0 rings (SSSR count). The van der Waals surface area contributed by atoms with E-state index in [1.165, 1.54) is 128 Å². The van der Waals surface area contributed by atoms with Gasteiger partial charge in [0.1, 0.15) is 12.2 Å². The highest BCUT2D eigenvalue weighted by molar-refractivity contribution is 7.47. The Morgan fingerprint density at radius 3 is 1.40 bits per heavy atom. The van der Waals surface area contributed by atoms with E-state index in [0.29, 0.717) is 13.0 Å². The van der Waals surface area contributed by atoms with Crippen LogP contribution in [0.1, 0.15) is 200 Å². The van der Waals surface area contributed by atoms with Crippen molar-refractivity contribution in [2.75, 3.05) is 33.0 Å². The van der Waals surface area contributed by atoms with Gasteiger partial charge in [-0.15, -0.1) is 0 Å². The minimum atomic E-state index is -4.54. The number of allylic oxidation sites excluding steroid dienone is 8. The molecule has 3 atom stereocenters. The van der Waals surface area contributed by atoms with Crippen LogP contribution in [0.3, 0.4) is 0 Å². The summed E-state index contributed by atoms with van der Waals surface area (Å²) in [5, 5.41) is 18.3. The number of ether oxygens (including phenoxy) is 2. The normalized spacial score (nSPS) is 14.4. The van der Waals surface area contributed by atoms with Gasteiger partial charge in [0, 0.05) is 13.0 Å². The first-order valence-electron chi connectivity index (χ1n) is 23.1. The van der Waals surface area contributed by atoms with Crippen LogP contribution in [0.4, 0.5) is 0 Å². The predicted octanol–water partition coefficient (Wildman–Crippen LogP) is 13.0. The Bertz CT molecular complexity index is 1030.